The van der Waals surface area contributed by atoms with Crippen molar-refractivity contribution in [3.8, 4) is 0 Å². The van der Waals surface area contributed by atoms with E-state index < -0.39 is 0 Å². The summed E-state index contributed by atoms with van der Waals surface area (Å²) < 4.78 is 0. The van der Waals surface area contributed by atoms with E-state index in [0.717, 1.165) is 29.6 Å². The Morgan fingerprint density at radius 3 is 1.47 bits per heavy atom. The molecule has 1 aromatic carbocycles. The molecular weight excluding hydrogens is 360 g/mol. The molecular formula is C30H46. The Morgan fingerprint density at radius 1 is 0.600 bits per heavy atom. The van der Waals surface area contributed by atoms with Gasteiger partial charge in [0.1, 0.15) is 0 Å². The molecule has 3 saturated carbocycles. The van der Waals surface area contributed by atoms with Gasteiger partial charge in [-0.05, 0) is 98.5 Å². The zero-order valence-corrected chi connectivity index (χ0v) is 19.7. The van der Waals surface area contributed by atoms with E-state index in [-0.39, 0.29) is 0 Å². The molecule has 0 atom stereocenters. The molecule has 0 N–H and O–H groups in total. The highest BCUT2D eigenvalue weighted by molar-refractivity contribution is 5.23. The topological polar surface area (TPSA) is 0 Å². The van der Waals surface area contributed by atoms with Gasteiger partial charge in [-0.15, -0.1) is 0 Å². The largest absolute Gasteiger partial charge is 0.0999 e. The summed E-state index contributed by atoms with van der Waals surface area (Å²) in [5.74, 6) is 4.97. The molecule has 0 heterocycles. The molecule has 0 aromatic heterocycles. The van der Waals surface area contributed by atoms with Crippen LogP contribution in [0.1, 0.15) is 108 Å². The van der Waals surface area contributed by atoms with Crippen LogP contribution in [0.3, 0.4) is 0 Å². The predicted molar refractivity (Wildman–Crippen MR) is 131 cm³/mol. The minimum atomic E-state index is 0.883. The second-order valence-electron chi connectivity index (χ2n) is 11.3. The van der Waals surface area contributed by atoms with Gasteiger partial charge in [-0.1, -0.05) is 88.3 Å². The Labute approximate surface area is 186 Å². The maximum absolute atomic E-state index is 4.16. The average molecular weight is 407 g/mol. The van der Waals surface area contributed by atoms with E-state index in [0.29, 0.717) is 0 Å². The molecule has 3 fully saturated rings. The van der Waals surface area contributed by atoms with Gasteiger partial charge in [-0.2, -0.15) is 0 Å². The van der Waals surface area contributed by atoms with Gasteiger partial charge in [0.05, 0.1) is 0 Å². The summed E-state index contributed by atoms with van der Waals surface area (Å²) in [6.07, 6.45) is 22.8. The van der Waals surface area contributed by atoms with Crippen LogP contribution in [0.25, 0.3) is 0 Å². The third-order valence-electron chi connectivity index (χ3n) is 9.06. The van der Waals surface area contributed by atoms with Crippen LogP contribution >= 0.6 is 0 Å². The Kier molecular flexibility index (Phi) is 8.14. The van der Waals surface area contributed by atoms with Crippen molar-refractivity contribution < 1.29 is 0 Å². The van der Waals surface area contributed by atoms with E-state index in [4.69, 9.17) is 0 Å². The maximum atomic E-state index is 4.16. The van der Waals surface area contributed by atoms with Crippen molar-refractivity contribution in [2.45, 2.75) is 110 Å². The van der Waals surface area contributed by atoms with Crippen molar-refractivity contribution in [2.75, 3.05) is 0 Å². The Morgan fingerprint density at radius 2 is 1.00 bits per heavy atom. The SMILES string of the molecule is C=C1CCC(Cc2ccc(CC3CCC(CC4CCC(CC)CC4)CC3)cc2)CC1. The lowest BCUT2D eigenvalue weighted by Crippen LogP contribution is -2.21. The number of allylic oxidation sites excluding steroid dienone is 1. The van der Waals surface area contributed by atoms with Crippen molar-refractivity contribution in [1.82, 2.24) is 0 Å². The molecule has 0 heteroatoms. The monoisotopic (exact) mass is 406 g/mol. The third kappa shape index (κ3) is 6.48. The fourth-order valence-electron chi connectivity index (χ4n) is 6.79. The van der Waals surface area contributed by atoms with Crippen molar-refractivity contribution >= 4 is 0 Å². The average Bonchev–Trinajstić information content (AvgIpc) is 2.78. The lowest BCUT2D eigenvalue weighted by Gasteiger charge is -2.34. The zero-order valence-electron chi connectivity index (χ0n) is 19.7. The summed E-state index contributed by atoms with van der Waals surface area (Å²) in [4.78, 5) is 0. The van der Waals surface area contributed by atoms with E-state index in [1.807, 2.05) is 0 Å². The third-order valence-corrected chi connectivity index (χ3v) is 9.06. The molecule has 0 bridgehead atoms. The molecule has 0 unspecified atom stereocenters. The Bertz CT molecular complexity index is 627. The highest BCUT2D eigenvalue weighted by Crippen LogP contribution is 2.39. The molecule has 1 aromatic rings. The van der Waals surface area contributed by atoms with Gasteiger partial charge >= 0.3 is 0 Å². The molecule has 0 amide bonds. The summed E-state index contributed by atoms with van der Waals surface area (Å²) in [5, 5.41) is 0. The van der Waals surface area contributed by atoms with Gasteiger partial charge in [0.15, 0.2) is 0 Å². The number of benzene rings is 1. The van der Waals surface area contributed by atoms with Gasteiger partial charge in [0.25, 0.3) is 0 Å². The van der Waals surface area contributed by atoms with E-state index >= 15 is 0 Å². The highest BCUT2D eigenvalue weighted by Gasteiger charge is 2.26. The molecule has 0 nitrogen and oxygen atoms in total. The molecule has 0 aliphatic heterocycles. The molecule has 0 radical (unpaired) electrons. The van der Waals surface area contributed by atoms with Crippen LogP contribution in [0.2, 0.25) is 0 Å². The van der Waals surface area contributed by atoms with Crippen molar-refractivity contribution in [3.63, 3.8) is 0 Å². The van der Waals surface area contributed by atoms with Gasteiger partial charge in [-0.25, -0.2) is 0 Å². The van der Waals surface area contributed by atoms with Crippen molar-refractivity contribution in [3.05, 3.63) is 47.5 Å². The Balaban J connectivity index is 1.16. The van der Waals surface area contributed by atoms with Gasteiger partial charge in [0.2, 0.25) is 0 Å². The molecule has 166 valence electrons. The van der Waals surface area contributed by atoms with Crippen LogP contribution < -0.4 is 0 Å². The summed E-state index contributed by atoms with van der Waals surface area (Å²) in [6, 6.07) is 9.73. The minimum absolute atomic E-state index is 0.883. The minimum Gasteiger partial charge on any atom is -0.0999 e. The molecule has 3 aliphatic rings. The van der Waals surface area contributed by atoms with Gasteiger partial charge in [0, 0.05) is 0 Å². The summed E-state index contributed by atoms with van der Waals surface area (Å²) in [7, 11) is 0. The standard InChI is InChI=1S/C30H46/c1-3-24-8-10-26(11-9-24)21-28-16-18-30(19-17-28)22-29-14-12-27(13-15-29)20-25-6-4-23(2)5-7-25/h12-15,24-26,28,30H,2-11,16-22H2,1H3. The second kappa shape index (κ2) is 11.0. The number of rotatable bonds is 7. The first-order valence-electron chi connectivity index (χ1n) is 13.4. The molecule has 0 spiro atoms. The quantitative estimate of drug-likeness (QED) is 0.396. The van der Waals surface area contributed by atoms with Crippen molar-refractivity contribution in [2.24, 2.45) is 29.6 Å². The lowest BCUT2D eigenvalue weighted by molar-refractivity contribution is 0.189. The molecule has 30 heavy (non-hydrogen) atoms. The van der Waals surface area contributed by atoms with Crippen LogP contribution in [0, 0.1) is 29.6 Å². The van der Waals surface area contributed by atoms with Crippen LogP contribution in [-0.2, 0) is 12.8 Å². The predicted octanol–water partition coefficient (Wildman–Crippen LogP) is 8.93. The first-order valence-corrected chi connectivity index (χ1v) is 13.4. The molecule has 0 saturated heterocycles. The van der Waals surface area contributed by atoms with E-state index in [1.165, 1.54) is 102 Å². The number of hydrogen-bond acceptors (Lipinski definition) is 0. The summed E-state index contributed by atoms with van der Waals surface area (Å²) >= 11 is 0. The smallest absolute Gasteiger partial charge is 0.0250 e. The van der Waals surface area contributed by atoms with Crippen molar-refractivity contribution in [1.29, 1.82) is 0 Å². The van der Waals surface area contributed by atoms with E-state index in [2.05, 4.69) is 37.8 Å². The first-order chi connectivity index (χ1) is 14.7. The normalized spacial score (nSPS) is 31.0. The molecule has 4 rings (SSSR count). The second-order valence-corrected chi connectivity index (χ2v) is 11.3. The van der Waals surface area contributed by atoms with E-state index in [9.17, 15) is 0 Å². The zero-order chi connectivity index (χ0) is 20.8. The molecule has 3 aliphatic carbocycles. The fourth-order valence-corrected chi connectivity index (χ4v) is 6.79. The van der Waals surface area contributed by atoms with Gasteiger partial charge in [-0.3, -0.25) is 0 Å². The van der Waals surface area contributed by atoms with Crippen LogP contribution in [0.15, 0.2) is 36.4 Å². The van der Waals surface area contributed by atoms with Crippen LogP contribution in [-0.4, -0.2) is 0 Å². The number of hydrogen-bond donors (Lipinski definition) is 0. The van der Waals surface area contributed by atoms with E-state index in [1.54, 1.807) is 17.5 Å². The first kappa shape index (κ1) is 22.2. The Hall–Kier alpha value is -1.04. The summed E-state index contributed by atoms with van der Waals surface area (Å²) in [6.45, 7) is 6.55. The fraction of sp³-hybridized carbons (Fsp3) is 0.733. The van der Waals surface area contributed by atoms with Crippen LogP contribution in [0.4, 0.5) is 0 Å². The van der Waals surface area contributed by atoms with Crippen LogP contribution in [0.5, 0.6) is 0 Å². The highest BCUT2D eigenvalue weighted by atomic mass is 14.3. The maximum Gasteiger partial charge on any atom is -0.0250 e. The summed E-state index contributed by atoms with van der Waals surface area (Å²) in [5.41, 5.74) is 4.61. The van der Waals surface area contributed by atoms with Gasteiger partial charge < -0.3 is 0 Å². The lowest BCUT2D eigenvalue weighted by atomic mass is 9.72.